The first-order valence-electron chi connectivity index (χ1n) is 26.2. The molecule has 11 aromatic rings. The first-order valence-corrected chi connectivity index (χ1v) is 26.2. The highest BCUT2D eigenvalue weighted by Crippen LogP contribution is 2.64. The van der Waals surface area contributed by atoms with Gasteiger partial charge in [0, 0.05) is 34.0 Å². The minimum absolute atomic E-state index is 0.592. The quantitative estimate of drug-likeness (QED) is 0.142. The Morgan fingerprint density at radius 3 is 1.42 bits per heavy atom. The smallest absolute Gasteiger partial charge is 0.0727 e. The van der Waals surface area contributed by atoms with E-state index in [0.29, 0.717) is 5.92 Å². The van der Waals surface area contributed by atoms with Crippen molar-refractivity contribution in [1.82, 2.24) is 0 Å². The van der Waals surface area contributed by atoms with Crippen LogP contribution >= 0.6 is 0 Å². The van der Waals surface area contributed by atoms with Gasteiger partial charge in [-0.3, -0.25) is 0 Å². The van der Waals surface area contributed by atoms with Gasteiger partial charge in [-0.05, 0) is 163 Å². The van der Waals surface area contributed by atoms with Crippen molar-refractivity contribution in [3.05, 3.63) is 289 Å². The molecule has 1 fully saturated rings. The second-order valence-corrected chi connectivity index (χ2v) is 20.2. The maximum atomic E-state index is 2.55. The zero-order valence-corrected chi connectivity index (χ0v) is 40.8. The van der Waals surface area contributed by atoms with Gasteiger partial charge in [0.2, 0.25) is 0 Å². The average Bonchev–Trinajstić information content (AvgIpc) is 3.93. The molecule has 0 radical (unpaired) electrons. The Morgan fingerprint density at radius 2 is 0.781 bits per heavy atom. The van der Waals surface area contributed by atoms with Crippen LogP contribution in [0.25, 0.3) is 55.3 Å². The van der Waals surface area contributed by atoms with Crippen molar-refractivity contribution in [3.8, 4) is 44.5 Å². The summed E-state index contributed by atoms with van der Waals surface area (Å²) in [6, 6.07) is 97.6. The standard InChI is InChI=1S/C71H54N2/c1-5-19-49(20-6-1)51-33-38-56(39-34-51)72(55-26-11-4-12-27-55)58-42-44-63-61-29-15-17-31-65(61)71(67(63)47-58)66-32-18-16-30-62(66)64-45-43-59(48-68(64)71)73(57-40-35-52(36-41-57)50-21-7-2-8-22-50)69-46-37-53-23-13-14-28-60(53)70(69)54-24-9-3-10-25-54/h1,3-6,9-20,23-48,50H,2,7-8,21-22H2. The highest BCUT2D eigenvalue weighted by Gasteiger charge is 2.52. The molecule has 0 amide bonds. The van der Waals surface area contributed by atoms with Crippen LogP contribution in [0.15, 0.2) is 261 Å². The summed E-state index contributed by atoms with van der Waals surface area (Å²) in [5, 5.41) is 2.47. The van der Waals surface area contributed by atoms with Crippen molar-refractivity contribution in [2.75, 3.05) is 9.80 Å². The molecule has 2 nitrogen and oxygen atoms in total. The molecule has 1 spiro atoms. The summed E-state index contributed by atoms with van der Waals surface area (Å²) >= 11 is 0. The highest BCUT2D eigenvalue weighted by molar-refractivity contribution is 6.06. The number of nitrogens with zero attached hydrogens (tertiary/aromatic N) is 2. The molecular weight excluding hydrogens is 881 g/mol. The van der Waals surface area contributed by atoms with Crippen LogP contribution in [0.2, 0.25) is 0 Å². The molecule has 0 N–H and O–H groups in total. The van der Waals surface area contributed by atoms with Gasteiger partial charge in [0.1, 0.15) is 0 Å². The molecule has 0 saturated heterocycles. The molecule has 1 unspecified atom stereocenters. The third-order valence-corrected chi connectivity index (χ3v) is 16.3. The lowest BCUT2D eigenvalue weighted by atomic mass is 9.70. The number of hydrogen-bond acceptors (Lipinski definition) is 2. The fourth-order valence-corrected chi connectivity index (χ4v) is 13.0. The van der Waals surface area contributed by atoms with Crippen LogP contribution in [-0.2, 0) is 5.41 Å². The summed E-state index contributed by atoms with van der Waals surface area (Å²) < 4.78 is 0. The summed E-state index contributed by atoms with van der Waals surface area (Å²) in [7, 11) is 0. The van der Waals surface area contributed by atoms with Crippen LogP contribution in [0.1, 0.15) is 65.8 Å². The predicted molar refractivity (Wildman–Crippen MR) is 306 cm³/mol. The van der Waals surface area contributed by atoms with Gasteiger partial charge in [-0.1, -0.05) is 213 Å². The predicted octanol–water partition coefficient (Wildman–Crippen LogP) is 19.5. The topological polar surface area (TPSA) is 6.48 Å². The lowest BCUT2D eigenvalue weighted by molar-refractivity contribution is 0.443. The lowest BCUT2D eigenvalue weighted by Gasteiger charge is -2.34. The number of hydrogen-bond donors (Lipinski definition) is 0. The van der Waals surface area contributed by atoms with Gasteiger partial charge in [-0.2, -0.15) is 0 Å². The summed E-state index contributed by atoms with van der Waals surface area (Å²) in [4.78, 5) is 4.97. The Hall–Kier alpha value is -8.72. The minimum Gasteiger partial charge on any atom is -0.310 e. The number of rotatable bonds is 9. The Balaban J connectivity index is 0.995. The van der Waals surface area contributed by atoms with Crippen LogP contribution in [0.4, 0.5) is 34.1 Å². The van der Waals surface area contributed by atoms with E-state index in [1.54, 1.807) is 0 Å². The molecule has 348 valence electrons. The molecule has 2 heteroatoms. The van der Waals surface area contributed by atoms with E-state index in [1.165, 1.54) is 115 Å². The van der Waals surface area contributed by atoms with Gasteiger partial charge in [-0.25, -0.2) is 0 Å². The normalized spacial score (nSPS) is 15.4. The molecule has 0 heterocycles. The minimum atomic E-state index is -0.592. The third kappa shape index (κ3) is 7.07. The summed E-state index contributed by atoms with van der Waals surface area (Å²) in [6.07, 6.45) is 6.52. The van der Waals surface area contributed by atoms with E-state index >= 15 is 0 Å². The van der Waals surface area contributed by atoms with E-state index in [9.17, 15) is 0 Å². The van der Waals surface area contributed by atoms with Crippen molar-refractivity contribution in [2.24, 2.45) is 0 Å². The second-order valence-electron chi connectivity index (χ2n) is 20.2. The van der Waals surface area contributed by atoms with E-state index in [0.717, 1.165) is 34.1 Å². The van der Waals surface area contributed by atoms with Crippen molar-refractivity contribution in [1.29, 1.82) is 0 Å². The van der Waals surface area contributed by atoms with E-state index in [-0.39, 0.29) is 0 Å². The fraction of sp³-hybridized carbons (Fsp3) is 0.0986. The molecule has 14 rings (SSSR count). The number of anilines is 6. The molecule has 0 bridgehead atoms. The number of fused-ring (bicyclic) bond motifs is 11. The maximum Gasteiger partial charge on any atom is 0.0727 e. The molecule has 0 aliphatic heterocycles. The molecule has 3 aliphatic carbocycles. The van der Waals surface area contributed by atoms with Crippen molar-refractivity contribution in [3.63, 3.8) is 0 Å². The Morgan fingerprint density at radius 1 is 0.315 bits per heavy atom. The summed E-state index contributed by atoms with van der Waals surface area (Å²) in [5.74, 6) is 0.619. The van der Waals surface area contributed by atoms with Gasteiger partial charge in [0.15, 0.2) is 0 Å². The van der Waals surface area contributed by atoms with Crippen LogP contribution in [-0.4, -0.2) is 0 Å². The fourth-order valence-electron chi connectivity index (χ4n) is 13.0. The third-order valence-electron chi connectivity index (χ3n) is 16.3. The van der Waals surface area contributed by atoms with Crippen LogP contribution in [0.5, 0.6) is 0 Å². The van der Waals surface area contributed by atoms with Crippen molar-refractivity contribution >= 4 is 44.9 Å². The maximum absolute atomic E-state index is 2.55. The SMILES string of the molecule is c1ccc(-c2ccc(N(c3ccccc3)c3ccc4c(c3)C3(c5ccccc5-4)c4ccccc4-c4ccc(N(c5ccc(C6CCCCC6)cc5)c5ccc6ccccc6c5-c5ccccc5)cc43)cc2)cc1. The van der Waals surface area contributed by atoms with E-state index in [2.05, 4.69) is 271 Å². The second kappa shape index (κ2) is 17.8. The van der Waals surface area contributed by atoms with E-state index < -0.39 is 5.41 Å². The van der Waals surface area contributed by atoms with Gasteiger partial charge < -0.3 is 9.80 Å². The van der Waals surface area contributed by atoms with Crippen molar-refractivity contribution in [2.45, 2.75) is 43.4 Å². The molecular formula is C71H54N2. The average molecular weight is 935 g/mol. The monoisotopic (exact) mass is 934 g/mol. The molecule has 3 aliphatic rings. The molecule has 1 saturated carbocycles. The first-order chi connectivity index (χ1) is 36.2. The summed E-state index contributed by atoms with van der Waals surface area (Å²) in [5.41, 5.74) is 22.9. The van der Waals surface area contributed by atoms with E-state index in [4.69, 9.17) is 0 Å². The highest BCUT2D eigenvalue weighted by atomic mass is 15.1. The van der Waals surface area contributed by atoms with Gasteiger partial charge in [0.25, 0.3) is 0 Å². The van der Waals surface area contributed by atoms with Gasteiger partial charge in [0.05, 0.1) is 11.1 Å². The molecule has 73 heavy (non-hydrogen) atoms. The Labute approximate surface area is 429 Å². The largest absolute Gasteiger partial charge is 0.310 e. The lowest BCUT2D eigenvalue weighted by Crippen LogP contribution is -2.26. The molecule has 1 atom stereocenters. The molecule has 0 aromatic heterocycles. The van der Waals surface area contributed by atoms with Crippen LogP contribution < -0.4 is 9.80 Å². The van der Waals surface area contributed by atoms with E-state index in [1.807, 2.05) is 0 Å². The number of para-hydroxylation sites is 1. The van der Waals surface area contributed by atoms with Crippen LogP contribution in [0, 0.1) is 0 Å². The van der Waals surface area contributed by atoms with Crippen LogP contribution in [0.3, 0.4) is 0 Å². The first kappa shape index (κ1) is 43.1. The van der Waals surface area contributed by atoms with Gasteiger partial charge in [-0.15, -0.1) is 0 Å². The zero-order chi connectivity index (χ0) is 48.3. The van der Waals surface area contributed by atoms with Crippen molar-refractivity contribution < 1.29 is 0 Å². The Kier molecular flexibility index (Phi) is 10.5. The molecule has 11 aromatic carbocycles. The zero-order valence-electron chi connectivity index (χ0n) is 40.8. The Bertz CT molecular complexity index is 3800. The number of benzene rings is 11. The summed E-state index contributed by atoms with van der Waals surface area (Å²) in [6.45, 7) is 0. The van der Waals surface area contributed by atoms with Gasteiger partial charge >= 0.3 is 0 Å².